The Hall–Kier alpha value is -1.76. The van der Waals surface area contributed by atoms with Crippen LogP contribution in [-0.4, -0.2) is 29.3 Å². The van der Waals surface area contributed by atoms with E-state index in [9.17, 15) is 23.1 Å². The largest absolute Gasteiger partial charge is 0.444 e. The molecule has 0 radical (unpaired) electrons. The molecule has 0 aliphatic heterocycles. The lowest BCUT2D eigenvalue weighted by molar-refractivity contribution is -0.123. The molecule has 24 heavy (non-hydrogen) atoms. The lowest BCUT2D eigenvalue weighted by Gasteiger charge is -2.26. The van der Waals surface area contributed by atoms with Gasteiger partial charge in [0.05, 0.1) is 0 Å². The summed E-state index contributed by atoms with van der Waals surface area (Å²) in [5.74, 6) is -4.57. The van der Waals surface area contributed by atoms with Crippen molar-refractivity contribution >= 4 is 6.09 Å². The van der Waals surface area contributed by atoms with Crippen LogP contribution in [0.2, 0.25) is 0 Å². The highest BCUT2D eigenvalue weighted by Crippen LogP contribution is 2.36. The van der Waals surface area contributed by atoms with Crippen LogP contribution < -0.4 is 5.32 Å². The van der Waals surface area contributed by atoms with Crippen LogP contribution in [0, 0.1) is 11.7 Å². The second-order valence-corrected chi connectivity index (χ2v) is 6.91. The summed E-state index contributed by atoms with van der Waals surface area (Å²) in [6.07, 6.45) is -3.36. The second-order valence-electron chi connectivity index (χ2n) is 6.91. The van der Waals surface area contributed by atoms with E-state index in [0.29, 0.717) is 0 Å². The smallest absolute Gasteiger partial charge is 0.407 e. The molecule has 2 unspecified atom stereocenters. The molecule has 2 N–H and O–H groups in total. The molecule has 0 aliphatic carbocycles. The van der Waals surface area contributed by atoms with E-state index in [1.54, 1.807) is 20.8 Å². The molecule has 2 atom stereocenters. The van der Waals surface area contributed by atoms with Crippen molar-refractivity contribution in [3.8, 4) is 0 Å². The van der Waals surface area contributed by atoms with Crippen LogP contribution in [0.25, 0.3) is 0 Å². The topological polar surface area (TPSA) is 58.6 Å². The van der Waals surface area contributed by atoms with E-state index in [0.717, 1.165) is 24.3 Å². The summed E-state index contributed by atoms with van der Waals surface area (Å²) in [4.78, 5) is 11.5. The van der Waals surface area contributed by atoms with Crippen molar-refractivity contribution in [1.82, 2.24) is 5.32 Å². The number of carbonyl (C=O) groups is 1. The molecule has 136 valence electrons. The normalized spacial score (nSPS) is 14.8. The van der Waals surface area contributed by atoms with Crippen molar-refractivity contribution in [2.75, 3.05) is 6.54 Å². The fourth-order valence-electron chi connectivity index (χ4n) is 2.11. The predicted octanol–water partition coefficient (Wildman–Crippen LogP) is 4.05. The Morgan fingerprint density at radius 1 is 1.25 bits per heavy atom. The van der Waals surface area contributed by atoms with E-state index >= 15 is 0 Å². The average Bonchev–Trinajstić information content (AvgIpc) is 2.43. The van der Waals surface area contributed by atoms with E-state index in [1.165, 1.54) is 6.92 Å². The van der Waals surface area contributed by atoms with Crippen LogP contribution >= 0.6 is 0 Å². The number of aliphatic hydroxyl groups is 1. The van der Waals surface area contributed by atoms with Gasteiger partial charge in [-0.1, -0.05) is 19.1 Å². The van der Waals surface area contributed by atoms with Gasteiger partial charge in [0.15, 0.2) is 0 Å². The summed E-state index contributed by atoms with van der Waals surface area (Å²) in [5.41, 5.74) is -0.732. The molecule has 1 amide bonds. The number of hydrogen-bond acceptors (Lipinski definition) is 3. The molecular formula is C17H24F3NO3. The van der Waals surface area contributed by atoms with Gasteiger partial charge < -0.3 is 15.2 Å². The third kappa shape index (κ3) is 6.78. The van der Waals surface area contributed by atoms with Gasteiger partial charge >= 0.3 is 6.09 Å². The maximum atomic E-state index is 14.2. The Kier molecular flexibility index (Phi) is 6.66. The lowest BCUT2D eigenvalue weighted by atomic mass is 9.95. The number of rotatable bonds is 6. The molecular weight excluding hydrogens is 323 g/mol. The van der Waals surface area contributed by atoms with Crippen molar-refractivity contribution in [2.24, 2.45) is 5.92 Å². The van der Waals surface area contributed by atoms with E-state index in [-0.39, 0.29) is 12.1 Å². The molecule has 0 heterocycles. The van der Waals surface area contributed by atoms with Gasteiger partial charge in [0.1, 0.15) is 17.5 Å². The molecule has 0 saturated carbocycles. The van der Waals surface area contributed by atoms with Crippen LogP contribution in [0.5, 0.6) is 0 Å². The van der Waals surface area contributed by atoms with Crippen molar-refractivity contribution < 1.29 is 27.8 Å². The molecule has 0 aliphatic rings. The summed E-state index contributed by atoms with van der Waals surface area (Å²) < 4.78 is 46.2. The Bertz CT molecular complexity index is 541. The van der Waals surface area contributed by atoms with Gasteiger partial charge in [0.25, 0.3) is 5.92 Å². The summed E-state index contributed by atoms with van der Waals surface area (Å²) in [5, 5.41) is 12.3. The standard InChI is InChI=1S/C17H24F3NO3/c1-11(10-21-15(23)24-16(2,3)4)9-17(19,20)14(22)12-5-7-13(18)8-6-12/h5-8,11,14,22H,9-10H2,1-4H3,(H,21,23). The number of alkyl halides is 2. The lowest BCUT2D eigenvalue weighted by Crippen LogP contribution is -2.37. The van der Waals surface area contributed by atoms with Crippen LogP contribution in [0.1, 0.15) is 45.8 Å². The van der Waals surface area contributed by atoms with Crippen LogP contribution in [0.4, 0.5) is 18.0 Å². The monoisotopic (exact) mass is 347 g/mol. The molecule has 1 rings (SSSR count). The zero-order valence-electron chi connectivity index (χ0n) is 14.3. The fraction of sp³-hybridized carbons (Fsp3) is 0.588. The Balaban J connectivity index is 2.56. The molecule has 0 bridgehead atoms. The maximum absolute atomic E-state index is 14.2. The Morgan fingerprint density at radius 2 is 1.79 bits per heavy atom. The third-order valence-electron chi connectivity index (χ3n) is 3.20. The van der Waals surface area contributed by atoms with Gasteiger partial charge in [-0.05, 0) is 44.4 Å². The molecule has 1 aromatic carbocycles. The van der Waals surface area contributed by atoms with Gasteiger partial charge in [-0.25, -0.2) is 18.0 Å². The van der Waals surface area contributed by atoms with Gasteiger partial charge in [-0.3, -0.25) is 0 Å². The highest BCUT2D eigenvalue weighted by molar-refractivity contribution is 5.67. The van der Waals surface area contributed by atoms with Crippen molar-refractivity contribution in [2.45, 2.75) is 51.7 Å². The van der Waals surface area contributed by atoms with E-state index in [2.05, 4.69) is 5.32 Å². The average molecular weight is 347 g/mol. The summed E-state index contributed by atoms with van der Waals surface area (Å²) in [7, 11) is 0. The van der Waals surface area contributed by atoms with Crippen LogP contribution in [0.15, 0.2) is 24.3 Å². The number of carbonyl (C=O) groups excluding carboxylic acids is 1. The molecule has 1 aromatic rings. The number of benzene rings is 1. The number of hydrogen-bond donors (Lipinski definition) is 2. The van der Waals surface area contributed by atoms with Crippen LogP contribution in [0.3, 0.4) is 0 Å². The molecule has 0 spiro atoms. The number of nitrogens with one attached hydrogen (secondary N) is 1. The highest BCUT2D eigenvalue weighted by Gasteiger charge is 2.40. The fourth-order valence-corrected chi connectivity index (χ4v) is 2.11. The summed E-state index contributed by atoms with van der Waals surface area (Å²) in [6.45, 7) is 6.61. The molecule has 4 nitrogen and oxygen atoms in total. The number of amides is 1. The molecule has 0 saturated heterocycles. The second kappa shape index (κ2) is 7.88. The van der Waals surface area contributed by atoms with Crippen molar-refractivity contribution in [3.63, 3.8) is 0 Å². The van der Waals surface area contributed by atoms with Crippen molar-refractivity contribution in [3.05, 3.63) is 35.6 Å². The predicted molar refractivity (Wildman–Crippen MR) is 84.3 cm³/mol. The SMILES string of the molecule is CC(CNC(=O)OC(C)(C)C)CC(F)(F)C(O)c1ccc(F)cc1. The van der Waals surface area contributed by atoms with Gasteiger partial charge in [0.2, 0.25) is 0 Å². The number of alkyl carbamates (subject to hydrolysis) is 1. The first kappa shape index (κ1) is 20.3. The molecule has 0 fully saturated rings. The van der Waals surface area contributed by atoms with E-state index < -0.39 is 41.9 Å². The first-order valence-corrected chi connectivity index (χ1v) is 7.69. The first-order valence-electron chi connectivity index (χ1n) is 7.69. The third-order valence-corrected chi connectivity index (χ3v) is 3.20. The zero-order chi connectivity index (χ0) is 18.5. The zero-order valence-corrected chi connectivity index (χ0v) is 14.3. The number of aliphatic hydroxyl groups excluding tert-OH is 1. The van der Waals surface area contributed by atoms with Gasteiger partial charge in [0, 0.05) is 13.0 Å². The van der Waals surface area contributed by atoms with E-state index in [1.807, 2.05) is 0 Å². The first-order chi connectivity index (χ1) is 10.9. The summed E-state index contributed by atoms with van der Waals surface area (Å²) >= 11 is 0. The number of halogens is 3. The minimum atomic E-state index is -3.41. The quantitative estimate of drug-likeness (QED) is 0.816. The van der Waals surface area contributed by atoms with Gasteiger partial charge in [-0.15, -0.1) is 0 Å². The maximum Gasteiger partial charge on any atom is 0.407 e. The van der Waals surface area contributed by atoms with Crippen molar-refractivity contribution in [1.29, 1.82) is 0 Å². The highest BCUT2D eigenvalue weighted by atomic mass is 19.3. The minimum Gasteiger partial charge on any atom is -0.444 e. The summed E-state index contributed by atoms with van der Waals surface area (Å²) in [6, 6.07) is 4.28. The minimum absolute atomic E-state index is 0.0133. The molecule has 0 aromatic heterocycles. The molecule has 7 heteroatoms. The Morgan fingerprint density at radius 3 is 2.29 bits per heavy atom. The number of ether oxygens (including phenoxy) is 1. The van der Waals surface area contributed by atoms with E-state index in [4.69, 9.17) is 4.74 Å². The van der Waals surface area contributed by atoms with Gasteiger partial charge in [-0.2, -0.15) is 0 Å². The Labute approximate surface area is 140 Å². The van der Waals surface area contributed by atoms with Crippen LogP contribution in [-0.2, 0) is 4.74 Å².